The fourth-order valence-electron chi connectivity index (χ4n) is 3.14. The van der Waals surface area contributed by atoms with Gasteiger partial charge < -0.3 is 10.1 Å². The Morgan fingerprint density at radius 1 is 1.35 bits per heavy atom. The third-order valence-corrected chi connectivity index (χ3v) is 4.31. The Morgan fingerprint density at radius 2 is 2.10 bits per heavy atom. The molecule has 1 aliphatic heterocycles. The Hall–Kier alpha value is -0.870. The molecule has 0 amide bonds. The number of likely N-dealkylation sites (N-methyl/N-ethyl adjacent to an activating group) is 1. The molecule has 1 fully saturated rings. The summed E-state index contributed by atoms with van der Waals surface area (Å²) in [4.78, 5) is 0. The molecule has 1 aliphatic rings. The van der Waals surface area contributed by atoms with E-state index in [1.54, 1.807) is 0 Å². The van der Waals surface area contributed by atoms with Crippen LogP contribution in [0, 0.1) is 5.92 Å². The van der Waals surface area contributed by atoms with E-state index in [0.717, 1.165) is 45.1 Å². The number of ether oxygens (including phenoxy) is 1. The summed E-state index contributed by atoms with van der Waals surface area (Å²) >= 11 is 0. The Morgan fingerprint density at radius 3 is 2.70 bits per heavy atom. The summed E-state index contributed by atoms with van der Waals surface area (Å²) in [5, 5.41) is 8.35. The second-order valence-electron chi connectivity index (χ2n) is 5.61. The number of hydrogen-bond acceptors (Lipinski definition) is 3. The van der Waals surface area contributed by atoms with Crippen molar-refractivity contribution in [1.29, 1.82) is 0 Å². The Balaban J connectivity index is 2.08. The maximum atomic E-state index is 5.50. The van der Waals surface area contributed by atoms with Gasteiger partial charge in [-0.3, -0.25) is 4.68 Å². The normalized spacial score (nSPS) is 18.4. The predicted octanol–water partition coefficient (Wildman–Crippen LogP) is 2.41. The highest BCUT2D eigenvalue weighted by Gasteiger charge is 2.24. The molecule has 1 saturated heterocycles. The van der Waals surface area contributed by atoms with Gasteiger partial charge in [0, 0.05) is 37.9 Å². The first-order valence-corrected chi connectivity index (χ1v) is 8.15. The van der Waals surface area contributed by atoms with Crippen molar-refractivity contribution in [3.63, 3.8) is 0 Å². The van der Waals surface area contributed by atoms with Crippen molar-refractivity contribution in [2.45, 2.75) is 59.0 Å². The van der Waals surface area contributed by atoms with Crippen LogP contribution in [0.3, 0.4) is 0 Å². The molecule has 1 atom stereocenters. The predicted molar refractivity (Wildman–Crippen MR) is 82.0 cm³/mol. The molecular formula is C16H29N3O. The molecule has 114 valence electrons. The van der Waals surface area contributed by atoms with E-state index in [0.29, 0.717) is 6.04 Å². The van der Waals surface area contributed by atoms with Crippen molar-refractivity contribution in [3.05, 3.63) is 17.5 Å². The first-order chi connectivity index (χ1) is 9.78. The fraction of sp³-hybridized carbons (Fsp3) is 0.812. The zero-order valence-corrected chi connectivity index (χ0v) is 13.2. The highest BCUT2D eigenvalue weighted by atomic mass is 16.5. The van der Waals surface area contributed by atoms with Crippen molar-refractivity contribution in [3.8, 4) is 0 Å². The largest absolute Gasteiger partial charge is 0.381 e. The molecule has 0 radical (unpaired) electrons. The zero-order chi connectivity index (χ0) is 14.4. The number of nitrogens with zero attached hydrogens (tertiary/aromatic N) is 2. The van der Waals surface area contributed by atoms with Crippen LogP contribution in [0.25, 0.3) is 0 Å². The van der Waals surface area contributed by atoms with Gasteiger partial charge in [0.2, 0.25) is 0 Å². The first kappa shape index (κ1) is 15.5. The van der Waals surface area contributed by atoms with Crippen LogP contribution >= 0.6 is 0 Å². The van der Waals surface area contributed by atoms with Crippen LogP contribution in [0.15, 0.2) is 6.07 Å². The Bertz CT molecular complexity index is 396. The van der Waals surface area contributed by atoms with E-state index in [2.05, 4.69) is 41.9 Å². The average Bonchev–Trinajstić information content (AvgIpc) is 2.90. The standard InChI is InChI=1S/C16H29N3O/c1-4-14-11-15(19(6-3)18-14)12-16(17-5-2)13-7-9-20-10-8-13/h11,13,16-17H,4-10,12H2,1-3H3. The van der Waals surface area contributed by atoms with Crippen LogP contribution in [-0.2, 0) is 24.1 Å². The van der Waals surface area contributed by atoms with E-state index in [-0.39, 0.29) is 0 Å². The van der Waals surface area contributed by atoms with Crippen LogP contribution in [0.2, 0.25) is 0 Å². The van der Waals surface area contributed by atoms with Crippen LogP contribution < -0.4 is 5.32 Å². The van der Waals surface area contributed by atoms with Gasteiger partial charge in [0.25, 0.3) is 0 Å². The van der Waals surface area contributed by atoms with Gasteiger partial charge in [-0.05, 0) is 44.7 Å². The maximum absolute atomic E-state index is 5.50. The van der Waals surface area contributed by atoms with Crippen LogP contribution in [-0.4, -0.2) is 35.6 Å². The highest BCUT2D eigenvalue weighted by Crippen LogP contribution is 2.22. The molecule has 4 heteroatoms. The Kier molecular flexibility index (Phi) is 6.05. The zero-order valence-electron chi connectivity index (χ0n) is 13.2. The van der Waals surface area contributed by atoms with Crippen LogP contribution in [0.4, 0.5) is 0 Å². The number of aromatic nitrogens is 2. The lowest BCUT2D eigenvalue weighted by Gasteiger charge is -2.31. The molecular weight excluding hydrogens is 250 g/mol. The highest BCUT2D eigenvalue weighted by molar-refractivity contribution is 5.12. The molecule has 1 aromatic rings. The summed E-state index contributed by atoms with van der Waals surface area (Å²) in [5.74, 6) is 0.731. The van der Waals surface area contributed by atoms with Gasteiger partial charge in [-0.15, -0.1) is 0 Å². The summed E-state index contributed by atoms with van der Waals surface area (Å²) < 4.78 is 7.67. The molecule has 4 nitrogen and oxygen atoms in total. The maximum Gasteiger partial charge on any atom is 0.0624 e. The minimum Gasteiger partial charge on any atom is -0.381 e. The van der Waals surface area contributed by atoms with E-state index >= 15 is 0 Å². The van der Waals surface area contributed by atoms with Crippen molar-refractivity contribution in [2.75, 3.05) is 19.8 Å². The molecule has 20 heavy (non-hydrogen) atoms. The van der Waals surface area contributed by atoms with Crippen molar-refractivity contribution < 1.29 is 4.74 Å². The van der Waals surface area contributed by atoms with Gasteiger partial charge in [-0.25, -0.2) is 0 Å². The van der Waals surface area contributed by atoms with E-state index in [1.807, 2.05) is 0 Å². The number of aryl methyl sites for hydroxylation is 2. The van der Waals surface area contributed by atoms with E-state index in [1.165, 1.54) is 24.2 Å². The van der Waals surface area contributed by atoms with Crippen molar-refractivity contribution in [1.82, 2.24) is 15.1 Å². The van der Waals surface area contributed by atoms with Crippen molar-refractivity contribution in [2.24, 2.45) is 5.92 Å². The third-order valence-electron chi connectivity index (χ3n) is 4.31. The summed E-state index contributed by atoms with van der Waals surface area (Å²) in [6.45, 7) is 10.4. The van der Waals surface area contributed by atoms with Gasteiger partial charge in [0.1, 0.15) is 0 Å². The number of hydrogen-bond donors (Lipinski definition) is 1. The molecule has 1 aromatic heterocycles. The number of rotatable bonds is 7. The van der Waals surface area contributed by atoms with Gasteiger partial charge in [0.05, 0.1) is 5.69 Å². The smallest absolute Gasteiger partial charge is 0.0624 e. The molecule has 1 unspecified atom stereocenters. The quantitative estimate of drug-likeness (QED) is 0.833. The molecule has 0 aliphatic carbocycles. The molecule has 0 aromatic carbocycles. The van der Waals surface area contributed by atoms with Gasteiger partial charge in [-0.2, -0.15) is 5.10 Å². The van der Waals surface area contributed by atoms with E-state index in [4.69, 9.17) is 4.74 Å². The lowest BCUT2D eigenvalue weighted by atomic mass is 9.88. The average molecular weight is 279 g/mol. The summed E-state index contributed by atoms with van der Waals surface area (Å²) in [7, 11) is 0. The molecule has 0 saturated carbocycles. The summed E-state index contributed by atoms with van der Waals surface area (Å²) in [5.41, 5.74) is 2.59. The second-order valence-corrected chi connectivity index (χ2v) is 5.61. The Labute approximate surface area is 122 Å². The monoisotopic (exact) mass is 279 g/mol. The molecule has 2 heterocycles. The van der Waals surface area contributed by atoms with Crippen LogP contribution in [0.1, 0.15) is 45.0 Å². The minimum absolute atomic E-state index is 0.551. The molecule has 0 bridgehead atoms. The van der Waals surface area contributed by atoms with Crippen LogP contribution in [0.5, 0.6) is 0 Å². The molecule has 1 N–H and O–H groups in total. The summed E-state index contributed by atoms with van der Waals surface area (Å²) in [6, 6.07) is 2.84. The van der Waals surface area contributed by atoms with Crippen molar-refractivity contribution >= 4 is 0 Å². The van der Waals surface area contributed by atoms with Gasteiger partial charge in [0.15, 0.2) is 0 Å². The number of nitrogens with one attached hydrogen (secondary N) is 1. The molecule has 0 spiro atoms. The lowest BCUT2D eigenvalue weighted by Crippen LogP contribution is -2.41. The lowest BCUT2D eigenvalue weighted by molar-refractivity contribution is 0.0537. The van der Waals surface area contributed by atoms with Gasteiger partial charge >= 0.3 is 0 Å². The fourth-order valence-corrected chi connectivity index (χ4v) is 3.14. The second kappa shape index (κ2) is 7.79. The van der Waals surface area contributed by atoms with E-state index < -0.39 is 0 Å². The van der Waals surface area contributed by atoms with E-state index in [9.17, 15) is 0 Å². The molecule has 2 rings (SSSR count). The van der Waals surface area contributed by atoms with Gasteiger partial charge in [-0.1, -0.05) is 13.8 Å². The first-order valence-electron chi connectivity index (χ1n) is 8.15. The minimum atomic E-state index is 0.551. The SMILES string of the molecule is CCNC(Cc1cc(CC)nn1CC)C1CCOCC1. The third kappa shape index (κ3) is 3.83. The topological polar surface area (TPSA) is 39.1 Å². The summed E-state index contributed by atoms with van der Waals surface area (Å²) in [6.07, 6.45) is 4.46.